The van der Waals surface area contributed by atoms with Crippen LogP contribution < -0.4 is 5.32 Å². The minimum absolute atomic E-state index is 0.0692. The van der Waals surface area contributed by atoms with E-state index in [0.29, 0.717) is 17.7 Å². The van der Waals surface area contributed by atoms with Gasteiger partial charge < -0.3 is 10.4 Å². The largest absolute Gasteiger partial charge is 0.392 e. The molecule has 1 aromatic carbocycles. The van der Waals surface area contributed by atoms with Crippen molar-refractivity contribution < 1.29 is 9.90 Å². The lowest BCUT2D eigenvalue weighted by Crippen LogP contribution is -2.33. The van der Waals surface area contributed by atoms with Crippen LogP contribution in [0.15, 0.2) is 24.3 Å². The standard InChI is InChI=1S/C20H26N4O2/c1-5-13(3)24-19(20(26)22-12-14(4)25)17(6-2)18(23-24)16-9-7-15(11-21)8-10-16/h7-10,13-14,25H,5-6,12H2,1-4H3,(H,22,26)/t13?,14-/m1/s1. The summed E-state index contributed by atoms with van der Waals surface area (Å²) in [7, 11) is 0. The molecular formula is C20H26N4O2. The van der Waals surface area contributed by atoms with Crippen LogP contribution in [-0.4, -0.2) is 33.4 Å². The van der Waals surface area contributed by atoms with Crippen LogP contribution in [0.4, 0.5) is 0 Å². The quantitative estimate of drug-likeness (QED) is 0.799. The minimum Gasteiger partial charge on any atom is -0.392 e. The van der Waals surface area contributed by atoms with Gasteiger partial charge in [-0.3, -0.25) is 9.48 Å². The highest BCUT2D eigenvalue weighted by atomic mass is 16.3. The van der Waals surface area contributed by atoms with E-state index in [2.05, 4.69) is 18.3 Å². The van der Waals surface area contributed by atoms with E-state index in [0.717, 1.165) is 23.2 Å². The average molecular weight is 354 g/mol. The fraction of sp³-hybridized carbons (Fsp3) is 0.450. The Kier molecular flexibility index (Phi) is 6.53. The topological polar surface area (TPSA) is 90.9 Å². The van der Waals surface area contributed by atoms with Crippen molar-refractivity contribution in [2.75, 3.05) is 6.54 Å². The molecule has 1 unspecified atom stereocenters. The monoisotopic (exact) mass is 354 g/mol. The first kappa shape index (κ1) is 19.7. The molecule has 0 saturated heterocycles. The molecule has 2 N–H and O–H groups in total. The third kappa shape index (κ3) is 4.12. The second-order valence-electron chi connectivity index (χ2n) is 6.48. The van der Waals surface area contributed by atoms with E-state index in [-0.39, 0.29) is 18.5 Å². The second-order valence-corrected chi connectivity index (χ2v) is 6.48. The van der Waals surface area contributed by atoms with Crippen molar-refractivity contribution in [1.82, 2.24) is 15.1 Å². The number of benzene rings is 1. The summed E-state index contributed by atoms with van der Waals surface area (Å²) in [4.78, 5) is 12.8. The number of rotatable bonds is 7. The Morgan fingerprint density at radius 3 is 2.46 bits per heavy atom. The van der Waals surface area contributed by atoms with Crippen molar-refractivity contribution in [1.29, 1.82) is 5.26 Å². The Balaban J connectivity index is 2.55. The van der Waals surface area contributed by atoms with Gasteiger partial charge in [0.05, 0.1) is 23.4 Å². The van der Waals surface area contributed by atoms with Gasteiger partial charge in [-0.25, -0.2) is 0 Å². The summed E-state index contributed by atoms with van der Waals surface area (Å²) in [6, 6.07) is 9.41. The van der Waals surface area contributed by atoms with E-state index >= 15 is 0 Å². The third-order valence-electron chi connectivity index (χ3n) is 4.43. The maximum absolute atomic E-state index is 12.8. The zero-order valence-electron chi connectivity index (χ0n) is 15.8. The van der Waals surface area contributed by atoms with Gasteiger partial charge in [0, 0.05) is 23.7 Å². The van der Waals surface area contributed by atoms with Crippen LogP contribution in [0.5, 0.6) is 0 Å². The summed E-state index contributed by atoms with van der Waals surface area (Å²) in [5.74, 6) is -0.226. The fourth-order valence-corrected chi connectivity index (χ4v) is 2.80. The Bertz CT molecular complexity index is 800. The maximum Gasteiger partial charge on any atom is 0.269 e. The van der Waals surface area contributed by atoms with E-state index in [9.17, 15) is 9.90 Å². The number of carbonyl (C=O) groups is 1. The smallest absolute Gasteiger partial charge is 0.269 e. The van der Waals surface area contributed by atoms with E-state index in [1.54, 1.807) is 23.7 Å². The van der Waals surface area contributed by atoms with Crippen LogP contribution in [0.1, 0.15) is 61.8 Å². The summed E-state index contributed by atoms with van der Waals surface area (Å²) in [6.07, 6.45) is 0.888. The van der Waals surface area contributed by atoms with Crippen LogP contribution >= 0.6 is 0 Å². The fourth-order valence-electron chi connectivity index (χ4n) is 2.80. The molecule has 2 aromatic rings. The summed E-state index contributed by atoms with van der Waals surface area (Å²) >= 11 is 0. The number of aromatic nitrogens is 2. The SMILES string of the molecule is CCc1c(-c2ccc(C#N)cc2)nn(C(C)CC)c1C(=O)NC[C@@H](C)O. The number of aliphatic hydroxyl groups excluding tert-OH is 1. The summed E-state index contributed by atoms with van der Waals surface area (Å²) in [6.45, 7) is 7.91. The number of nitriles is 1. The molecule has 1 aromatic heterocycles. The molecule has 138 valence electrons. The van der Waals surface area contributed by atoms with E-state index < -0.39 is 6.10 Å². The normalized spacial score (nSPS) is 13.1. The number of hydrogen-bond donors (Lipinski definition) is 2. The molecule has 0 saturated carbocycles. The van der Waals surface area contributed by atoms with Gasteiger partial charge in [-0.2, -0.15) is 10.4 Å². The van der Waals surface area contributed by atoms with Crippen molar-refractivity contribution in [3.05, 3.63) is 41.1 Å². The Hall–Kier alpha value is -2.65. The first-order chi connectivity index (χ1) is 12.4. The van der Waals surface area contributed by atoms with Crippen molar-refractivity contribution in [3.8, 4) is 17.3 Å². The number of hydrogen-bond acceptors (Lipinski definition) is 4. The van der Waals surface area contributed by atoms with Crippen LogP contribution in [0.3, 0.4) is 0 Å². The van der Waals surface area contributed by atoms with Gasteiger partial charge in [0.1, 0.15) is 5.69 Å². The molecule has 0 bridgehead atoms. The van der Waals surface area contributed by atoms with Gasteiger partial charge in [-0.05, 0) is 38.8 Å². The molecule has 6 heteroatoms. The molecule has 0 aliphatic rings. The predicted octanol–water partition coefficient (Wildman–Crippen LogP) is 3.07. The first-order valence-electron chi connectivity index (χ1n) is 9.01. The molecule has 6 nitrogen and oxygen atoms in total. The Labute approximate surface area is 154 Å². The molecule has 0 spiro atoms. The highest BCUT2D eigenvalue weighted by Crippen LogP contribution is 2.29. The predicted molar refractivity (Wildman–Crippen MR) is 101 cm³/mol. The van der Waals surface area contributed by atoms with Gasteiger partial charge in [0.15, 0.2) is 0 Å². The van der Waals surface area contributed by atoms with Gasteiger partial charge in [0.25, 0.3) is 5.91 Å². The van der Waals surface area contributed by atoms with Crippen LogP contribution in [-0.2, 0) is 6.42 Å². The van der Waals surface area contributed by atoms with Crippen LogP contribution in [0.25, 0.3) is 11.3 Å². The van der Waals surface area contributed by atoms with Crippen molar-refractivity contribution in [2.24, 2.45) is 0 Å². The molecule has 1 heterocycles. The van der Waals surface area contributed by atoms with Crippen molar-refractivity contribution in [3.63, 3.8) is 0 Å². The van der Waals surface area contributed by atoms with E-state index in [4.69, 9.17) is 10.4 Å². The van der Waals surface area contributed by atoms with Crippen molar-refractivity contribution in [2.45, 2.75) is 52.7 Å². The van der Waals surface area contributed by atoms with Gasteiger partial charge >= 0.3 is 0 Å². The maximum atomic E-state index is 12.8. The number of nitrogens with zero attached hydrogens (tertiary/aromatic N) is 3. The number of nitrogens with one attached hydrogen (secondary N) is 1. The van der Waals surface area contributed by atoms with Crippen LogP contribution in [0.2, 0.25) is 0 Å². The summed E-state index contributed by atoms with van der Waals surface area (Å²) in [5, 5.41) is 26.0. The van der Waals surface area contributed by atoms with E-state index in [1.807, 2.05) is 26.0 Å². The van der Waals surface area contributed by atoms with Gasteiger partial charge in [-0.15, -0.1) is 0 Å². The molecule has 26 heavy (non-hydrogen) atoms. The zero-order chi connectivity index (χ0) is 19.3. The molecule has 1 amide bonds. The van der Waals surface area contributed by atoms with Crippen molar-refractivity contribution >= 4 is 5.91 Å². The summed E-state index contributed by atoms with van der Waals surface area (Å²) in [5.41, 5.74) is 3.65. The average Bonchev–Trinajstić information content (AvgIpc) is 3.05. The first-order valence-corrected chi connectivity index (χ1v) is 9.01. The zero-order valence-corrected chi connectivity index (χ0v) is 15.8. The van der Waals surface area contributed by atoms with Crippen LogP contribution in [0, 0.1) is 11.3 Å². The molecule has 0 fully saturated rings. The highest BCUT2D eigenvalue weighted by Gasteiger charge is 2.25. The Morgan fingerprint density at radius 1 is 1.31 bits per heavy atom. The lowest BCUT2D eigenvalue weighted by Gasteiger charge is -2.15. The lowest BCUT2D eigenvalue weighted by molar-refractivity contribution is 0.0910. The molecule has 2 rings (SSSR count). The lowest BCUT2D eigenvalue weighted by atomic mass is 10.0. The molecule has 0 aliphatic heterocycles. The molecule has 2 atom stereocenters. The molecule has 0 radical (unpaired) electrons. The number of aliphatic hydroxyl groups is 1. The Morgan fingerprint density at radius 2 is 1.96 bits per heavy atom. The minimum atomic E-state index is -0.609. The third-order valence-corrected chi connectivity index (χ3v) is 4.43. The number of amides is 1. The summed E-state index contributed by atoms with van der Waals surface area (Å²) < 4.78 is 1.78. The van der Waals surface area contributed by atoms with Gasteiger partial charge in [0.2, 0.25) is 0 Å². The van der Waals surface area contributed by atoms with E-state index in [1.165, 1.54) is 0 Å². The second kappa shape index (κ2) is 8.63. The molecular weight excluding hydrogens is 328 g/mol. The van der Waals surface area contributed by atoms with Gasteiger partial charge in [-0.1, -0.05) is 26.0 Å². The number of carbonyl (C=O) groups excluding carboxylic acids is 1. The highest BCUT2D eigenvalue weighted by molar-refractivity contribution is 5.96. The molecule has 0 aliphatic carbocycles.